The number of hydrogen-bond acceptors (Lipinski definition) is 9. The molecule has 0 saturated carbocycles. The molecule has 27 heavy (non-hydrogen) atoms. The Morgan fingerprint density at radius 3 is 2.63 bits per heavy atom. The van der Waals surface area contributed by atoms with Crippen molar-refractivity contribution in [3.63, 3.8) is 0 Å². The first-order valence-electron chi connectivity index (χ1n) is 8.53. The Hall–Kier alpha value is -2.62. The van der Waals surface area contributed by atoms with E-state index in [2.05, 4.69) is 4.90 Å². The van der Waals surface area contributed by atoms with Crippen LogP contribution in [0.5, 0.6) is 11.5 Å². The Balaban J connectivity index is 1.79. The smallest absolute Gasteiger partial charge is 0.297 e. The molecule has 3 heterocycles. The van der Waals surface area contributed by atoms with Gasteiger partial charge in [0, 0.05) is 19.1 Å². The summed E-state index contributed by atoms with van der Waals surface area (Å²) in [6.07, 6.45) is 3.19. The van der Waals surface area contributed by atoms with Crippen LogP contribution in [0, 0.1) is 0 Å². The van der Waals surface area contributed by atoms with Gasteiger partial charge >= 0.3 is 0 Å². The van der Waals surface area contributed by atoms with Crippen LogP contribution in [0.2, 0.25) is 0 Å². The monoisotopic (exact) mass is 375 g/mol. The van der Waals surface area contributed by atoms with Crippen LogP contribution in [0.15, 0.2) is 24.3 Å². The highest BCUT2D eigenvalue weighted by molar-refractivity contribution is 5.58. The lowest BCUT2D eigenvalue weighted by Gasteiger charge is -2.56. The maximum absolute atomic E-state index is 11.6. The van der Waals surface area contributed by atoms with Crippen molar-refractivity contribution in [3.8, 4) is 11.5 Å². The molecule has 4 aliphatic rings. The van der Waals surface area contributed by atoms with Crippen molar-refractivity contribution >= 4 is 12.9 Å². The molecule has 1 aromatic rings. The second kappa shape index (κ2) is 5.22. The quantitative estimate of drug-likeness (QED) is 0.410. The minimum atomic E-state index is -2.53. The summed E-state index contributed by atoms with van der Waals surface area (Å²) in [5, 5.41) is 22.5. The topological polar surface area (TPSA) is 115 Å². The predicted molar refractivity (Wildman–Crippen MR) is 86.4 cm³/mol. The number of hydrogen-bond donors (Lipinski definition) is 2. The molecule has 142 valence electrons. The van der Waals surface area contributed by atoms with Gasteiger partial charge in [0.05, 0.1) is 5.41 Å². The van der Waals surface area contributed by atoms with Crippen molar-refractivity contribution in [2.24, 2.45) is 0 Å². The van der Waals surface area contributed by atoms with Gasteiger partial charge in [0.15, 0.2) is 11.5 Å². The number of ether oxygens (including phenoxy) is 4. The van der Waals surface area contributed by atoms with Gasteiger partial charge in [0.2, 0.25) is 6.79 Å². The molecule has 0 amide bonds. The molecule has 1 unspecified atom stereocenters. The highest BCUT2D eigenvalue weighted by Crippen LogP contribution is 2.60. The zero-order valence-electron chi connectivity index (χ0n) is 14.2. The average molecular weight is 375 g/mol. The molecule has 5 rings (SSSR count). The number of nitrogens with zero attached hydrogens (tertiary/aromatic N) is 1. The van der Waals surface area contributed by atoms with E-state index in [0.717, 1.165) is 11.6 Å². The number of fused-ring (bicyclic) bond motifs is 2. The molecule has 0 radical (unpaired) electrons. The fourth-order valence-electron chi connectivity index (χ4n) is 5.08. The minimum absolute atomic E-state index is 0.0105. The zero-order valence-corrected chi connectivity index (χ0v) is 14.2. The van der Waals surface area contributed by atoms with Crippen molar-refractivity contribution in [3.05, 3.63) is 35.4 Å². The third-order valence-corrected chi connectivity index (χ3v) is 6.19. The molecule has 1 saturated heterocycles. The van der Waals surface area contributed by atoms with E-state index in [0.29, 0.717) is 36.6 Å². The summed E-state index contributed by atoms with van der Waals surface area (Å²) < 4.78 is 20.8. The van der Waals surface area contributed by atoms with Crippen LogP contribution < -0.4 is 9.47 Å². The van der Waals surface area contributed by atoms with Gasteiger partial charge in [0.25, 0.3) is 24.5 Å². The van der Waals surface area contributed by atoms with Gasteiger partial charge in [-0.25, -0.2) is 0 Å². The molecule has 1 aliphatic carbocycles. The SMILES string of the molecule is O=CO[C@@]1(O)[C@@](O)(OC=O)C=C[C@@H]2N3CC[C@@]21c1cc2c(cc1C3)OCO2. The second-order valence-corrected chi connectivity index (χ2v) is 7.13. The lowest BCUT2D eigenvalue weighted by molar-refractivity contribution is -0.365. The molecule has 3 aliphatic heterocycles. The Morgan fingerprint density at radius 1 is 1.15 bits per heavy atom. The summed E-state index contributed by atoms with van der Waals surface area (Å²) in [6, 6.07) is 3.20. The van der Waals surface area contributed by atoms with E-state index in [4.69, 9.17) is 18.9 Å². The largest absolute Gasteiger partial charge is 0.454 e. The van der Waals surface area contributed by atoms with Crippen molar-refractivity contribution in [2.75, 3.05) is 13.3 Å². The number of benzene rings is 1. The number of carbonyl (C=O) groups excluding carboxylic acids is 2. The van der Waals surface area contributed by atoms with Crippen molar-refractivity contribution in [1.29, 1.82) is 0 Å². The minimum Gasteiger partial charge on any atom is -0.454 e. The van der Waals surface area contributed by atoms with Gasteiger partial charge in [-0.1, -0.05) is 6.08 Å². The van der Waals surface area contributed by atoms with Crippen LogP contribution in [-0.2, 0) is 31.0 Å². The molecule has 9 nitrogen and oxygen atoms in total. The molecule has 2 N–H and O–H groups in total. The molecule has 0 spiro atoms. The van der Waals surface area contributed by atoms with Crippen LogP contribution in [-0.4, -0.2) is 59.0 Å². The molecule has 2 bridgehead atoms. The van der Waals surface area contributed by atoms with E-state index in [-0.39, 0.29) is 25.8 Å². The molecular formula is C18H17NO8. The summed E-state index contributed by atoms with van der Waals surface area (Å²) in [4.78, 5) is 24.4. The Kier molecular flexibility index (Phi) is 3.20. The van der Waals surface area contributed by atoms with Crippen molar-refractivity contribution in [2.45, 2.75) is 36.0 Å². The summed E-state index contributed by atoms with van der Waals surface area (Å²) in [5.41, 5.74) is 0.256. The molecule has 9 heteroatoms. The molecule has 1 aromatic carbocycles. The summed E-state index contributed by atoms with van der Waals surface area (Å²) in [6.45, 7) is 1.32. The Bertz CT molecular complexity index is 871. The third-order valence-electron chi connectivity index (χ3n) is 6.19. The first kappa shape index (κ1) is 16.5. The van der Waals surface area contributed by atoms with E-state index >= 15 is 0 Å². The van der Waals surface area contributed by atoms with E-state index in [1.165, 1.54) is 0 Å². The second-order valence-electron chi connectivity index (χ2n) is 7.13. The Labute approximate surface area is 153 Å². The van der Waals surface area contributed by atoms with E-state index < -0.39 is 17.0 Å². The van der Waals surface area contributed by atoms with Crippen molar-refractivity contribution in [1.82, 2.24) is 4.90 Å². The first-order chi connectivity index (χ1) is 13.0. The van der Waals surface area contributed by atoms with Crippen LogP contribution >= 0.6 is 0 Å². The van der Waals surface area contributed by atoms with Gasteiger partial charge in [-0.15, -0.1) is 0 Å². The fraction of sp³-hybridized carbons (Fsp3) is 0.444. The molecular weight excluding hydrogens is 358 g/mol. The van der Waals surface area contributed by atoms with Gasteiger partial charge in [-0.05, 0) is 35.8 Å². The first-order valence-corrected chi connectivity index (χ1v) is 8.53. The standard InChI is InChI=1S/C18H17NO8/c20-8-26-17(22)2-1-15-16(18(17,23)27-9-21)3-4-19(15)7-11-5-13-14(6-12(11)16)25-10-24-13/h1-2,5-6,8-9,15,22-23H,3-4,7,10H2/t15-,16+,17-,18+/m0/s1. The number of aliphatic hydroxyl groups is 2. The van der Waals surface area contributed by atoms with E-state index in [1.54, 1.807) is 12.1 Å². The normalized spacial score (nSPS) is 40.1. The lowest BCUT2D eigenvalue weighted by atomic mass is 9.60. The zero-order chi connectivity index (χ0) is 18.9. The summed E-state index contributed by atoms with van der Waals surface area (Å²) >= 11 is 0. The maximum atomic E-state index is 11.6. The molecule has 1 fully saturated rings. The van der Waals surface area contributed by atoms with Gasteiger partial charge < -0.3 is 29.2 Å². The number of carbonyl (C=O) groups is 2. The van der Waals surface area contributed by atoms with Crippen molar-refractivity contribution < 1.29 is 38.7 Å². The van der Waals surface area contributed by atoms with Crippen LogP contribution in [0.1, 0.15) is 17.5 Å². The van der Waals surface area contributed by atoms with E-state index in [9.17, 15) is 19.8 Å². The molecule has 0 aromatic heterocycles. The predicted octanol–water partition coefficient (Wildman–Crippen LogP) is -0.466. The lowest BCUT2D eigenvalue weighted by Crippen LogP contribution is -2.73. The van der Waals surface area contributed by atoms with Crippen LogP contribution in [0.25, 0.3) is 0 Å². The fourth-order valence-corrected chi connectivity index (χ4v) is 5.08. The highest BCUT2D eigenvalue weighted by atomic mass is 16.7. The van der Waals surface area contributed by atoms with Crippen LogP contribution in [0.4, 0.5) is 0 Å². The number of rotatable bonds is 4. The third kappa shape index (κ3) is 1.78. The summed E-state index contributed by atoms with van der Waals surface area (Å²) in [5.74, 6) is -3.97. The van der Waals surface area contributed by atoms with Crippen LogP contribution in [0.3, 0.4) is 0 Å². The maximum Gasteiger partial charge on any atom is 0.297 e. The van der Waals surface area contributed by atoms with Gasteiger partial charge in [-0.3, -0.25) is 14.5 Å². The highest BCUT2D eigenvalue weighted by Gasteiger charge is 2.75. The summed E-state index contributed by atoms with van der Waals surface area (Å²) in [7, 11) is 0. The molecule has 5 atom stereocenters. The average Bonchev–Trinajstić information content (AvgIpc) is 3.20. The van der Waals surface area contributed by atoms with Gasteiger partial charge in [0.1, 0.15) is 0 Å². The van der Waals surface area contributed by atoms with E-state index in [1.807, 2.05) is 6.07 Å². The van der Waals surface area contributed by atoms with Gasteiger partial charge in [-0.2, -0.15) is 0 Å². The Morgan fingerprint density at radius 2 is 1.89 bits per heavy atom.